The van der Waals surface area contributed by atoms with Crippen LogP contribution in [0.1, 0.15) is 19.2 Å². The Morgan fingerprint density at radius 1 is 1.44 bits per heavy atom. The average molecular weight is 265 g/mol. The van der Waals surface area contributed by atoms with Crippen LogP contribution in [0.15, 0.2) is 18.3 Å². The number of nitrogens with zero attached hydrogens (tertiary/aromatic N) is 4. The molecule has 3 rings (SSSR count). The first-order valence-electron chi connectivity index (χ1n) is 6.48. The van der Waals surface area contributed by atoms with Gasteiger partial charge < -0.3 is 4.90 Å². The van der Waals surface area contributed by atoms with Crippen LogP contribution in [0.4, 0.5) is 0 Å². The fourth-order valence-electron chi connectivity index (χ4n) is 2.62. The largest absolute Gasteiger partial charge is 0.303 e. The van der Waals surface area contributed by atoms with Crippen LogP contribution in [0.3, 0.4) is 0 Å². The molecule has 0 spiro atoms. The summed E-state index contributed by atoms with van der Waals surface area (Å²) in [5.41, 5.74) is 0.875. The van der Waals surface area contributed by atoms with Gasteiger partial charge in [-0.05, 0) is 37.6 Å². The Kier molecular flexibility index (Phi) is 3.22. The first-order valence-corrected chi connectivity index (χ1v) is 6.85. The molecule has 1 atom stereocenters. The summed E-state index contributed by atoms with van der Waals surface area (Å²) >= 11 is 5.94. The zero-order chi connectivity index (χ0) is 12.5. The Morgan fingerprint density at radius 3 is 3.11 bits per heavy atom. The molecule has 0 amide bonds. The molecule has 0 radical (unpaired) electrons. The van der Waals surface area contributed by atoms with E-state index in [1.807, 2.05) is 12.1 Å². The van der Waals surface area contributed by atoms with Crippen LogP contribution in [0.25, 0.3) is 5.65 Å². The lowest BCUT2D eigenvalue weighted by Gasteiger charge is -2.11. The van der Waals surface area contributed by atoms with Crippen LogP contribution < -0.4 is 0 Å². The topological polar surface area (TPSA) is 33.4 Å². The Labute approximate surface area is 112 Å². The molecule has 2 aromatic heterocycles. The van der Waals surface area contributed by atoms with E-state index < -0.39 is 0 Å². The maximum atomic E-state index is 5.94. The Morgan fingerprint density at radius 2 is 2.33 bits per heavy atom. The fourth-order valence-corrected chi connectivity index (χ4v) is 2.77. The number of aromatic nitrogens is 3. The highest BCUT2D eigenvalue weighted by Gasteiger charge is 2.22. The molecule has 1 fully saturated rings. The molecule has 18 heavy (non-hydrogen) atoms. The molecule has 0 saturated carbocycles. The Balaban J connectivity index is 1.75. The average Bonchev–Trinajstić information content (AvgIpc) is 2.95. The monoisotopic (exact) mass is 264 g/mol. The molecule has 1 aliphatic rings. The molecule has 2 aromatic rings. The minimum Gasteiger partial charge on any atom is -0.303 e. The van der Waals surface area contributed by atoms with E-state index in [-0.39, 0.29) is 0 Å². The number of rotatable bonds is 3. The summed E-state index contributed by atoms with van der Waals surface area (Å²) in [4.78, 5) is 7.03. The van der Waals surface area contributed by atoms with Crippen LogP contribution >= 0.6 is 11.6 Å². The van der Waals surface area contributed by atoms with Crippen molar-refractivity contribution in [3.8, 4) is 0 Å². The van der Waals surface area contributed by atoms with Crippen molar-refractivity contribution in [1.82, 2.24) is 19.5 Å². The van der Waals surface area contributed by atoms with Crippen molar-refractivity contribution in [3.63, 3.8) is 0 Å². The lowest BCUT2D eigenvalue weighted by atomic mass is 10.1. The minimum absolute atomic E-state index is 0.692. The molecule has 0 N–H and O–H groups in total. The van der Waals surface area contributed by atoms with E-state index in [9.17, 15) is 0 Å². The zero-order valence-electron chi connectivity index (χ0n) is 10.5. The highest BCUT2D eigenvalue weighted by molar-refractivity contribution is 6.30. The Hall–Kier alpha value is -1.13. The van der Waals surface area contributed by atoms with Crippen molar-refractivity contribution in [3.05, 3.63) is 29.2 Å². The standard InChI is InChI=1S/C13H17ClN4/c1-2-17-6-5-10(8-17)7-12-15-13-4-3-11(14)9-18(13)16-12/h3-4,9-10H,2,5-8H2,1H3. The van der Waals surface area contributed by atoms with Crippen LogP contribution in [0, 0.1) is 5.92 Å². The molecular formula is C13H17ClN4. The third kappa shape index (κ3) is 2.35. The van der Waals surface area contributed by atoms with Gasteiger partial charge in [-0.1, -0.05) is 18.5 Å². The van der Waals surface area contributed by atoms with Gasteiger partial charge in [-0.15, -0.1) is 0 Å². The van der Waals surface area contributed by atoms with E-state index in [1.165, 1.54) is 19.5 Å². The second kappa shape index (κ2) is 4.86. The minimum atomic E-state index is 0.692. The van der Waals surface area contributed by atoms with Crippen molar-refractivity contribution < 1.29 is 0 Å². The quantitative estimate of drug-likeness (QED) is 0.853. The van der Waals surface area contributed by atoms with Gasteiger partial charge in [0.25, 0.3) is 0 Å². The molecule has 1 saturated heterocycles. The van der Waals surface area contributed by atoms with Crippen LogP contribution in [0.5, 0.6) is 0 Å². The van der Waals surface area contributed by atoms with Gasteiger partial charge in [0, 0.05) is 19.2 Å². The normalized spacial score (nSPS) is 20.9. The van der Waals surface area contributed by atoms with Crippen molar-refractivity contribution in [2.45, 2.75) is 19.8 Å². The lowest BCUT2D eigenvalue weighted by molar-refractivity contribution is 0.341. The van der Waals surface area contributed by atoms with E-state index in [2.05, 4.69) is 21.9 Å². The van der Waals surface area contributed by atoms with E-state index in [4.69, 9.17) is 11.6 Å². The summed E-state index contributed by atoms with van der Waals surface area (Å²) in [5, 5.41) is 5.18. The van der Waals surface area contributed by atoms with E-state index in [0.29, 0.717) is 10.9 Å². The number of fused-ring (bicyclic) bond motifs is 1. The SMILES string of the molecule is CCN1CCC(Cc2nc3ccc(Cl)cn3n2)C1. The van der Waals surface area contributed by atoms with Gasteiger partial charge in [-0.25, -0.2) is 9.50 Å². The number of halogens is 1. The second-order valence-corrected chi connectivity index (χ2v) is 5.37. The maximum Gasteiger partial charge on any atom is 0.155 e. The molecule has 0 aliphatic carbocycles. The third-order valence-corrected chi connectivity index (χ3v) is 3.85. The second-order valence-electron chi connectivity index (χ2n) is 4.93. The molecule has 4 nitrogen and oxygen atoms in total. The van der Waals surface area contributed by atoms with Gasteiger partial charge >= 0.3 is 0 Å². The van der Waals surface area contributed by atoms with Crippen LogP contribution in [-0.4, -0.2) is 39.1 Å². The number of hydrogen-bond acceptors (Lipinski definition) is 3. The fraction of sp³-hybridized carbons (Fsp3) is 0.538. The van der Waals surface area contributed by atoms with Crippen molar-refractivity contribution >= 4 is 17.2 Å². The van der Waals surface area contributed by atoms with Gasteiger partial charge in [-0.3, -0.25) is 0 Å². The molecule has 96 valence electrons. The van der Waals surface area contributed by atoms with Crippen molar-refractivity contribution in [2.75, 3.05) is 19.6 Å². The summed E-state index contributed by atoms with van der Waals surface area (Å²) in [6.45, 7) is 5.74. The zero-order valence-corrected chi connectivity index (χ0v) is 11.3. The molecule has 1 unspecified atom stereocenters. The molecular weight excluding hydrogens is 248 g/mol. The number of pyridine rings is 1. The molecule has 5 heteroatoms. The summed E-state index contributed by atoms with van der Waals surface area (Å²) in [5.74, 6) is 1.62. The van der Waals surface area contributed by atoms with Crippen LogP contribution in [0.2, 0.25) is 5.02 Å². The highest BCUT2D eigenvalue weighted by atomic mass is 35.5. The van der Waals surface area contributed by atoms with E-state index in [1.54, 1.807) is 10.7 Å². The van der Waals surface area contributed by atoms with E-state index in [0.717, 1.165) is 24.4 Å². The summed E-state index contributed by atoms with van der Waals surface area (Å²) in [7, 11) is 0. The summed E-state index contributed by atoms with van der Waals surface area (Å²) < 4.78 is 1.77. The van der Waals surface area contributed by atoms with Crippen molar-refractivity contribution in [1.29, 1.82) is 0 Å². The Bertz CT molecular complexity index is 551. The van der Waals surface area contributed by atoms with Crippen molar-refractivity contribution in [2.24, 2.45) is 5.92 Å². The molecule has 1 aliphatic heterocycles. The first-order chi connectivity index (χ1) is 8.74. The van der Waals surface area contributed by atoms with Gasteiger partial charge in [0.1, 0.15) is 0 Å². The van der Waals surface area contributed by atoms with Gasteiger partial charge in [0.2, 0.25) is 0 Å². The predicted octanol–water partition coefficient (Wildman–Crippen LogP) is 2.27. The third-order valence-electron chi connectivity index (χ3n) is 3.63. The summed E-state index contributed by atoms with van der Waals surface area (Å²) in [6.07, 6.45) is 4.03. The smallest absolute Gasteiger partial charge is 0.155 e. The molecule has 0 bridgehead atoms. The predicted molar refractivity (Wildman–Crippen MR) is 71.9 cm³/mol. The maximum absolute atomic E-state index is 5.94. The number of likely N-dealkylation sites (tertiary alicyclic amines) is 1. The van der Waals surface area contributed by atoms with E-state index >= 15 is 0 Å². The number of hydrogen-bond donors (Lipinski definition) is 0. The first kappa shape index (κ1) is 11.9. The van der Waals surface area contributed by atoms with Crippen LogP contribution in [-0.2, 0) is 6.42 Å². The summed E-state index contributed by atoms with van der Waals surface area (Å²) in [6, 6.07) is 3.76. The van der Waals surface area contributed by atoms with Gasteiger partial charge in [0.15, 0.2) is 11.5 Å². The lowest BCUT2D eigenvalue weighted by Crippen LogP contribution is -2.20. The van der Waals surface area contributed by atoms with Gasteiger partial charge in [0.05, 0.1) is 5.02 Å². The highest BCUT2D eigenvalue weighted by Crippen LogP contribution is 2.19. The molecule has 3 heterocycles. The molecule has 0 aromatic carbocycles. The van der Waals surface area contributed by atoms with Gasteiger partial charge in [-0.2, -0.15) is 5.10 Å².